The second kappa shape index (κ2) is 5.57. The summed E-state index contributed by atoms with van der Waals surface area (Å²) in [6, 6.07) is 12.7. The van der Waals surface area contributed by atoms with Crippen molar-refractivity contribution in [2.75, 3.05) is 5.32 Å². The van der Waals surface area contributed by atoms with Crippen LogP contribution in [0.25, 0.3) is 0 Å². The van der Waals surface area contributed by atoms with E-state index in [4.69, 9.17) is 41.2 Å². The maximum absolute atomic E-state index is 6.07. The molecule has 5 heteroatoms. The molecule has 2 rings (SSSR count). The summed E-state index contributed by atoms with van der Waals surface area (Å²) in [6.07, 6.45) is 0. The molecule has 18 heavy (non-hydrogen) atoms. The van der Waals surface area contributed by atoms with E-state index in [0.717, 1.165) is 16.9 Å². The highest BCUT2D eigenvalue weighted by Gasteiger charge is 2.02. The van der Waals surface area contributed by atoms with Gasteiger partial charge in [-0.25, -0.2) is 0 Å². The number of hydrogen-bond acceptors (Lipinski definition) is 2. The van der Waals surface area contributed by atoms with Gasteiger partial charge in [-0.05, 0) is 42.5 Å². The maximum Gasteiger partial charge on any atom is 0.103 e. The van der Waals surface area contributed by atoms with E-state index in [1.54, 1.807) is 18.2 Å². The zero-order valence-electron chi connectivity index (χ0n) is 9.28. The molecule has 3 N–H and O–H groups in total. The Hall–Kier alpha value is -1.29. The highest BCUT2D eigenvalue weighted by Crippen LogP contribution is 2.28. The van der Waals surface area contributed by atoms with Crippen LogP contribution in [0.1, 0.15) is 5.56 Å². The summed E-state index contributed by atoms with van der Waals surface area (Å²) in [5.41, 5.74) is 8.00. The van der Waals surface area contributed by atoms with Crippen LogP contribution in [0.3, 0.4) is 0 Å². The molecular weight excluding hydrogens is 287 g/mol. The second-order valence-electron chi connectivity index (χ2n) is 3.69. The molecule has 2 aromatic carbocycles. The van der Waals surface area contributed by atoms with Crippen molar-refractivity contribution in [2.24, 2.45) is 5.73 Å². The van der Waals surface area contributed by atoms with E-state index in [-0.39, 0.29) is 0 Å². The van der Waals surface area contributed by atoms with Crippen molar-refractivity contribution in [3.8, 4) is 0 Å². The Bertz CT molecular complexity index is 582. The Morgan fingerprint density at radius 1 is 1.06 bits per heavy atom. The zero-order valence-corrected chi connectivity index (χ0v) is 11.6. The van der Waals surface area contributed by atoms with Gasteiger partial charge in [0.2, 0.25) is 0 Å². The van der Waals surface area contributed by atoms with Gasteiger partial charge in [-0.1, -0.05) is 35.4 Å². The summed E-state index contributed by atoms with van der Waals surface area (Å²) in [4.78, 5) is 0.377. The number of anilines is 2. The average molecular weight is 297 g/mol. The molecule has 0 aliphatic rings. The molecule has 0 bridgehead atoms. The van der Waals surface area contributed by atoms with Gasteiger partial charge < -0.3 is 11.1 Å². The van der Waals surface area contributed by atoms with E-state index in [9.17, 15) is 0 Å². The van der Waals surface area contributed by atoms with Gasteiger partial charge in [-0.2, -0.15) is 0 Å². The van der Waals surface area contributed by atoms with Crippen LogP contribution in [0.2, 0.25) is 10.0 Å². The lowest BCUT2D eigenvalue weighted by Gasteiger charge is -2.09. The molecule has 0 radical (unpaired) electrons. The summed E-state index contributed by atoms with van der Waals surface area (Å²) >= 11 is 16.9. The van der Waals surface area contributed by atoms with Crippen LogP contribution in [0, 0.1) is 0 Å². The molecule has 0 amide bonds. The monoisotopic (exact) mass is 296 g/mol. The third-order valence-electron chi connectivity index (χ3n) is 2.38. The molecule has 0 aliphatic carbocycles. The summed E-state index contributed by atoms with van der Waals surface area (Å²) < 4.78 is 0. The van der Waals surface area contributed by atoms with Crippen molar-refractivity contribution >= 4 is 51.8 Å². The molecule has 0 aromatic heterocycles. The first-order chi connectivity index (χ1) is 8.56. The smallest absolute Gasteiger partial charge is 0.103 e. The SMILES string of the molecule is NC(=S)c1ccc(Nc2cc(Cl)ccc2Cl)cc1. The third-order valence-corrected chi connectivity index (χ3v) is 3.18. The Morgan fingerprint density at radius 3 is 2.33 bits per heavy atom. The first-order valence-corrected chi connectivity index (χ1v) is 6.34. The molecule has 2 aromatic rings. The van der Waals surface area contributed by atoms with Gasteiger partial charge in [0.1, 0.15) is 4.99 Å². The number of halogens is 2. The predicted octanol–water partition coefficient (Wildman–Crippen LogP) is 4.37. The lowest BCUT2D eigenvalue weighted by molar-refractivity contribution is 1.53. The fourth-order valence-corrected chi connectivity index (χ4v) is 1.94. The number of benzene rings is 2. The van der Waals surface area contributed by atoms with E-state index in [0.29, 0.717) is 15.0 Å². The summed E-state index contributed by atoms with van der Waals surface area (Å²) in [5.74, 6) is 0. The van der Waals surface area contributed by atoms with Gasteiger partial charge in [0.25, 0.3) is 0 Å². The van der Waals surface area contributed by atoms with Crippen molar-refractivity contribution in [3.05, 3.63) is 58.1 Å². The van der Waals surface area contributed by atoms with Gasteiger partial charge in [-0.3, -0.25) is 0 Å². The van der Waals surface area contributed by atoms with Crippen LogP contribution in [0.15, 0.2) is 42.5 Å². The Labute approximate surface area is 121 Å². The van der Waals surface area contributed by atoms with Crippen LogP contribution in [-0.4, -0.2) is 4.99 Å². The lowest BCUT2D eigenvalue weighted by atomic mass is 10.2. The van der Waals surface area contributed by atoms with Gasteiger partial charge in [0.15, 0.2) is 0 Å². The minimum absolute atomic E-state index is 0.377. The topological polar surface area (TPSA) is 38.0 Å². The first-order valence-electron chi connectivity index (χ1n) is 5.18. The van der Waals surface area contributed by atoms with Crippen molar-refractivity contribution in [2.45, 2.75) is 0 Å². The van der Waals surface area contributed by atoms with E-state index in [2.05, 4.69) is 5.32 Å². The van der Waals surface area contributed by atoms with E-state index < -0.39 is 0 Å². The highest BCUT2D eigenvalue weighted by atomic mass is 35.5. The summed E-state index contributed by atoms with van der Waals surface area (Å²) in [7, 11) is 0. The molecule has 0 unspecified atom stereocenters. The number of rotatable bonds is 3. The molecule has 92 valence electrons. The van der Waals surface area contributed by atoms with E-state index >= 15 is 0 Å². The van der Waals surface area contributed by atoms with Crippen LogP contribution in [0.4, 0.5) is 11.4 Å². The molecule has 0 spiro atoms. The fourth-order valence-electron chi connectivity index (χ4n) is 1.47. The van der Waals surface area contributed by atoms with Crippen molar-refractivity contribution in [1.82, 2.24) is 0 Å². The van der Waals surface area contributed by atoms with Gasteiger partial charge in [0.05, 0.1) is 10.7 Å². The molecule has 0 aliphatic heterocycles. The van der Waals surface area contributed by atoms with E-state index in [1.807, 2.05) is 24.3 Å². The van der Waals surface area contributed by atoms with Crippen molar-refractivity contribution in [3.63, 3.8) is 0 Å². The molecule has 0 fully saturated rings. The Balaban J connectivity index is 2.23. The molecule has 0 atom stereocenters. The molecule has 0 heterocycles. The molecule has 2 nitrogen and oxygen atoms in total. The van der Waals surface area contributed by atoms with Crippen LogP contribution >= 0.6 is 35.4 Å². The van der Waals surface area contributed by atoms with Crippen LogP contribution in [0.5, 0.6) is 0 Å². The molecule has 0 saturated heterocycles. The number of thiocarbonyl (C=S) groups is 1. The van der Waals surface area contributed by atoms with Gasteiger partial charge in [0, 0.05) is 16.3 Å². The number of nitrogens with two attached hydrogens (primary N) is 1. The number of hydrogen-bond donors (Lipinski definition) is 2. The zero-order chi connectivity index (χ0) is 13.1. The highest BCUT2D eigenvalue weighted by molar-refractivity contribution is 7.80. The van der Waals surface area contributed by atoms with Gasteiger partial charge in [-0.15, -0.1) is 0 Å². The average Bonchev–Trinajstić information content (AvgIpc) is 2.34. The van der Waals surface area contributed by atoms with Crippen LogP contribution < -0.4 is 11.1 Å². The van der Waals surface area contributed by atoms with Gasteiger partial charge >= 0.3 is 0 Å². The minimum atomic E-state index is 0.377. The largest absolute Gasteiger partial charge is 0.389 e. The quantitative estimate of drug-likeness (QED) is 0.826. The second-order valence-corrected chi connectivity index (χ2v) is 4.97. The fraction of sp³-hybridized carbons (Fsp3) is 0. The first kappa shape index (κ1) is 13.1. The van der Waals surface area contributed by atoms with Crippen LogP contribution in [-0.2, 0) is 0 Å². The Kier molecular flexibility index (Phi) is 4.07. The third kappa shape index (κ3) is 3.13. The Morgan fingerprint density at radius 2 is 1.72 bits per heavy atom. The lowest BCUT2D eigenvalue weighted by Crippen LogP contribution is -2.08. The normalized spacial score (nSPS) is 10.1. The molecular formula is C13H10Cl2N2S. The summed E-state index contributed by atoms with van der Waals surface area (Å²) in [6.45, 7) is 0. The van der Waals surface area contributed by atoms with E-state index in [1.165, 1.54) is 0 Å². The van der Waals surface area contributed by atoms with Crippen molar-refractivity contribution < 1.29 is 0 Å². The predicted molar refractivity (Wildman–Crippen MR) is 82.1 cm³/mol. The standard InChI is InChI=1S/C13H10Cl2N2S/c14-9-3-6-11(15)12(7-9)17-10-4-1-8(2-5-10)13(16)18/h1-7,17H,(H2,16,18). The maximum atomic E-state index is 6.07. The minimum Gasteiger partial charge on any atom is -0.389 e. The molecule has 0 saturated carbocycles. The number of nitrogens with one attached hydrogen (secondary N) is 1. The summed E-state index contributed by atoms with van der Waals surface area (Å²) in [5, 5.41) is 4.41. The van der Waals surface area contributed by atoms with Crippen molar-refractivity contribution in [1.29, 1.82) is 0 Å².